The second-order valence-corrected chi connectivity index (χ2v) is 7.50. The Kier molecular flexibility index (Phi) is 6.72. The first-order chi connectivity index (χ1) is 10.2. The fraction of sp³-hybridized carbons (Fsp3) is 0.667. The number of hydrogen-bond acceptors (Lipinski definition) is 2. The number of halogens is 1. The molecule has 0 spiro atoms. The van der Waals surface area contributed by atoms with E-state index in [9.17, 15) is 0 Å². The Morgan fingerprint density at radius 3 is 2.62 bits per heavy atom. The van der Waals surface area contributed by atoms with Crippen molar-refractivity contribution in [2.24, 2.45) is 5.41 Å². The Morgan fingerprint density at radius 1 is 1.24 bits per heavy atom. The first-order valence-corrected chi connectivity index (χ1v) is 9.07. The number of nitrogens with zero attached hydrogens (tertiary/aromatic N) is 1. The van der Waals surface area contributed by atoms with E-state index >= 15 is 0 Å². The number of hydrogen-bond donors (Lipinski definition) is 1. The van der Waals surface area contributed by atoms with Crippen LogP contribution in [0.1, 0.15) is 44.6 Å². The number of rotatable bonds is 8. The molecule has 0 amide bonds. The predicted molar refractivity (Wildman–Crippen MR) is 94.5 cm³/mol. The summed E-state index contributed by atoms with van der Waals surface area (Å²) < 4.78 is 1.22. The van der Waals surface area contributed by atoms with Crippen LogP contribution >= 0.6 is 15.9 Å². The van der Waals surface area contributed by atoms with Crippen molar-refractivity contribution in [1.29, 1.82) is 0 Å². The topological polar surface area (TPSA) is 15.3 Å². The quantitative estimate of drug-likeness (QED) is 0.695. The van der Waals surface area contributed by atoms with E-state index in [-0.39, 0.29) is 0 Å². The van der Waals surface area contributed by atoms with Gasteiger partial charge in [-0.1, -0.05) is 53.9 Å². The van der Waals surface area contributed by atoms with Gasteiger partial charge in [0.15, 0.2) is 0 Å². The molecule has 0 aromatic heterocycles. The molecule has 1 saturated carbocycles. The molecule has 0 heterocycles. The maximum Gasteiger partial charge on any atom is 0.0242 e. The molecule has 118 valence electrons. The van der Waals surface area contributed by atoms with Crippen LogP contribution in [0.2, 0.25) is 0 Å². The lowest BCUT2D eigenvalue weighted by molar-refractivity contribution is 0.167. The van der Waals surface area contributed by atoms with Crippen LogP contribution < -0.4 is 5.32 Å². The third-order valence-electron chi connectivity index (χ3n) is 4.59. The van der Waals surface area contributed by atoms with Gasteiger partial charge in [-0.05, 0) is 49.9 Å². The predicted octanol–water partition coefficient (Wildman–Crippen LogP) is 4.44. The van der Waals surface area contributed by atoms with Gasteiger partial charge in [0.2, 0.25) is 0 Å². The maximum atomic E-state index is 3.66. The smallest absolute Gasteiger partial charge is 0.0242 e. The number of benzene rings is 1. The van der Waals surface area contributed by atoms with Gasteiger partial charge in [-0.15, -0.1) is 0 Å². The first-order valence-electron chi connectivity index (χ1n) is 8.28. The zero-order valence-electron chi connectivity index (χ0n) is 13.5. The Labute approximate surface area is 138 Å². The van der Waals surface area contributed by atoms with E-state index in [0.717, 1.165) is 13.1 Å². The summed E-state index contributed by atoms with van der Waals surface area (Å²) in [6.07, 6.45) is 6.78. The minimum absolute atomic E-state index is 0.491. The second-order valence-electron chi connectivity index (χ2n) is 6.65. The maximum absolute atomic E-state index is 3.66. The molecule has 1 N–H and O–H groups in total. The van der Waals surface area contributed by atoms with E-state index in [1.165, 1.54) is 55.2 Å². The lowest BCUT2D eigenvalue weighted by Crippen LogP contribution is -2.41. The lowest BCUT2D eigenvalue weighted by Gasteiger charge is -2.34. The van der Waals surface area contributed by atoms with Crippen LogP contribution in [0.25, 0.3) is 0 Å². The van der Waals surface area contributed by atoms with Crippen molar-refractivity contribution < 1.29 is 0 Å². The molecule has 1 aliphatic rings. The highest BCUT2D eigenvalue weighted by Gasteiger charge is 2.34. The van der Waals surface area contributed by atoms with Gasteiger partial charge in [0.25, 0.3) is 0 Å². The normalized spacial score (nSPS) is 17.5. The van der Waals surface area contributed by atoms with Gasteiger partial charge >= 0.3 is 0 Å². The van der Waals surface area contributed by atoms with Crippen molar-refractivity contribution in [2.45, 2.75) is 45.6 Å². The van der Waals surface area contributed by atoms with Crippen LogP contribution in [0, 0.1) is 5.41 Å². The summed E-state index contributed by atoms with van der Waals surface area (Å²) in [5, 5.41) is 3.66. The van der Waals surface area contributed by atoms with Gasteiger partial charge in [-0.3, -0.25) is 0 Å². The van der Waals surface area contributed by atoms with Crippen LogP contribution in [-0.4, -0.2) is 31.6 Å². The Morgan fingerprint density at radius 2 is 1.95 bits per heavy atom. The molecule has 1 aromatic carbocycles. The highest BCUT2D eigenvalue weighted by molar-refractivity contribution is 9.10. The van der Waals surface area contributed by atoms with Crippen LogP contribution in [0.3, 0.4) is 0 Å². The summed E-state index contributed by atoms with van der Waals surface area (Å²) in [6.45, 7) is 6.80. The van der Waals surface area contributed by atoms with Crippen molar-refractivity contribution in [3.05, 3.63) is 34.3 Å². The monoisotopic (exact) mass is 352 g/mol. The van der Waals surface area contributed by atoms with Crippen LogP contribution in [0.4, 0.5) is 0 Å². The van der Waals surface area contributed by atoms with Gasteiger partial charge in [0.1, 0.15) is 0 Å². The fourth-order valence-corrected chi connectivity index (χ4v) is 4.00. The van der Waals surface area contributed by atoms with E-state index in [1.54, 1.807) is 0 Å². The van der Waals surface area contributed by atoms with Crippen LogP contribution in [0.15, 0.2) is 28.7 Å². The molecule has 1 aliphatic carbocycles. The third-order valence-corrected chi connectivity index (χ3v) is 5.37. The Hall–Kier alpha value is -0.380. The highest BCUT2D eigenvalue weighted by atomic mass is 79.9. The zero-order valence-corrected chi connectivity index (χ0v) is 15.1. The second kappa shape index (κ2) is 8.30. The largest absolute Gasteiger partial charge is 0.316 e. The molecule has 0 unspecified atom stereocenters. The number of nitrogens with one attached hydrogen (secondary N) is 1. The summed E-state index contributed by atoms with van der Waals surface area (Å²) >= 11 is 3.66. The van der Waals surface area contributed by atoms with E-state index in [1.807, 2.05) is 0 Å². The molecule has 0 saturated heterocycles. The molecular formula is C18H29BrN2. The summed E-state index contributed by atoms with van der Waals surface area (Å²) in [4.78, 5) is 2.50. The van der Waals surface area contributed by atoms with Crippen molar-refractivity contribution in [2.75, 3.05) is 26.7 Å². The van der Waals surface area contributed by atoms with Crippen molar-refractivity contribution in [3.8, 4) is 0 Å². The average molecular weight is 353 g/mol. The van der Waals surface area contributed by atoms with Gasteiger partial charge in [0, 0.05) is 24.1 Å². The minimum Gasteiger partial charge on any atom is -0.316 e. The van der Waals surface area contributed by atoms with Crippen LogP contribution in [0.5, 0.6) is 0 Å². The summed E-state index contributed by atoms with van der Waals surface area (Å²) in [6, 6.07) is 8.57. The SMILES string of the molecule is CCCNCC1(CN(C)Cc2ccccc2Br)CCCC1. The van der Waals surface area contributed by atoms with Crippen molar-refractivity contribution >= 4 is 15.9 Å². The molecule has 0 bridgehead atoms. The van der Waals surface area contributed by atoms with Gasteiger partial charge in [-0.25, -0.2) is 0 Å². The highest BCUT2D eigenvalue weighted by Crippen LogP contribution is 2.38. The van der Waals surface area contributed by atoms with E-state index in [4.69, 9.17) is 0 Å². The Balaban J connectivity index is 1.92. The summed E-state index contributed by atoms with van der Waals surface area (Å²) in [5.41, 5.74) is 1.88. The average Bonchev–Trinajstić information content (AvgIpc) is 2.90. The standard InChI is InChI=1S/C18H29BrN2/c1-3-12-20-14-18(10-6-7-11-18)15-21(2)13-16-8-4-5-9-17(16)19/h4-5,8-9,20H,3,6-7,10-15H2,1-2H3. The van der Waals surface area contributed by atoms with Crippen LogP contribution in [-0.2, 0) is 6.54 Å². The Bertz CT molecular complexity index is 427. The first kappa shape index (κ1) is 17.0. The van der Waals surface area contributed by atoms with E-state index in [0.29, 0.717) is 5.41 Å². The molecule has 1 fully saturated rings. The van der Waals surface area contributed by atoms with Crippen molar-refractivity contribution in [1.82, 2.24) is 10.2 Å². The molecule has 2 rings (SSSR count). The summed E-state index contributed by atoms with van der Waals surface area (Å²) in [5.74, 6) is 0. The van der Waals surface area contributed by atoms with E-state index in [2.05, 4.69) is 64.4 Å². The molecule has 0 atom stereocenters. The van der Waals surface area contributed by atoms with E-state index < -0.39 is 0 Å². The molecule has 21 heavy (non-hydrogen) atoms. The molecule has 0 aliphatic heterocycles. The molecule has 2 nitrogen and oxygen atoms in total. The molecular weight excluding hydrogens is 324 g/mol. The molecule has 1 aromatic rings. The fourth-order valence-electron chi connectivity index (χ4n) is 3.59. The van der Waals surface area contributed by atoms with Crippen molar-refractivity contribution in [3.63, 3.8) is 0 Å². The summed E-state index contributed by atoms with van der Waals surface area (Å²) in [7, 11) is 2.26. The molecule has 3 heteroatoms. The lowest BCUT2D eigenvalue weighted by atomic mass is 9.85. The third kappa shape index (κ3) is 5.08. The minimum atomic E-state index is 0.491. The van der Waals surface area contributed by atoms with Gasteiger partial charge in [-0.2, -0.15) is 0 Å². The molecule has 0 radical (unpaired) electrons. The van der Waals surface area contributed by atoms with Gasteiger partial charge < -0.3 is 10.2 Å². The van der Waals surface area contributed by atoms with Gasteiger partial charge in [0.05, 0.1) is 0 Å². The zero-order chi connectivity index (χ0) is 15.1.